The number of nitrogens with one attached hydrogen (secondary N) is 1. The molecular weight excluding hydrogens is 562 g/mol. The third-order valence-corrected chi connectivity index (χ3v) is 6.88. The van der Waals surface area contributed by atoms with Gasteiger partial charge in [-0.25, -0.2) is 4.99 Å². The zero-order chi connectivity index (χ0) is 30.9. The maximum absolute atomic E-state index is 12.9. The molecule has 3 N–H and O–H groups in total. The van der Waals surface area contributed by atoms with Gasteiger partial charge in [-0.3, -0.25) is 4.79 Å². The fourth-order valence-corrected chi connectivity index (χ4v) is 4.76. The molecule has 0 spiro atoms. The van der Waals surface area contributed by atoms with Gasteiger partial charge in [0.15, 0.2) is 0 Å². The Morgan fingerprint density at radius 3 is 2.29 bits per heavy atom. The van der Waals surface area contributed by atoms with Crippen LogP contribution in [0, 0.1) is 12.5 Å². The third-order valence-electron chi connectivity index (χ3n) is 5.48. The number of aliphatic imine (C=N–C) groups is 1. The first-order chi connectivity index (χ1) is 20.4. The van der Waals surface area contributed by atoms with Crippen LogP contribution in [-0.4, -0.2) is 18.7 Å². The summed E-state index contributed by atoms with van der Waals surface area (Å²) >= 11 is 7.76. The second-order valence-electron chi connectivity index (χ2n) is 8.40. The highest BCUT2D eigenvalue weighted by atomic mass is 35.5. The number of carbonyl (C=O) groups is 1. The molecule has 42 heavy (non-hydrogen) atoms. The van der Waals surface area contributed by atoms with E-state index in [2.05, 4.69) is 35.2 Å². The number of hydrogen-bond donors (Lipinski definition) is 2. The summed E-state index contributed by atoms with van der Waals surface area (Å²) in [6.45, 7) is 9.68. The number of terminal acetylenes is 1. The number of ether oxygens (including phenoxy) is 1. The van der Waals surface area contributed by atoms with Crippen LogP contribution < -0.4 is 11.1 Å². The van der Waals surface area contributed by atoms with Crippen LogP contribution in [0.1, 0.15) is 47.8 Å². The van der Waals surface area contributed by atoms with Gasteiger partial charge in [0, 0.05) is 43.7 Å². The second-order valence-corrected chi connectivity index (χ2v) is 9.92. The number of hydrogen-bond acceptors (Lipinski definition) is 5. The van der Waals surface area contributed by atoms with E-state index < -0.39 is 0 Å². The van der Waals surface area contributed by atoms with Crippen LogP contribution in [0.5, 0.6) is 0 Å². The van der Waals surface area contributed by atoms with E-state index in [1.165, 1.54) is 7.11 Å². The maximum Gasteiger partial charge on any atom is 0.251 e. The van der Waals surface area contributed by atoms with Gasteiger partial charge in [0.1, 0.15) is 6.11 Å². The summed E-state index contributed by atoms with van der Waals surface area (Å²) in [7, 11) is 1.44. The Morgan fingerprint density at radius 2 is 1.67 bits per heavy atom. The Kier molecular flexibility index (Phi) is 14.5. The van der Waals surface area contributed by atoms with E-state index in [9.17, 15) is 4.79 Å². The Labute approximate surface area is 258 Å². The Hall–Kier alpha value is -4.44. The van der Waals surface area contributed by atoms with Gasteiger partial charge in [0.05, 0.1) is 18.5 Å². The second kappa shape index (κ2) is 18.1. The van der Waals surface area contributed by atoms with Crippen molar-refractivity contribution in [1.29, 1.82) is 0 Å². The van der Waals surface area contributed by atoms with Crippen LogP contribution >= 0.6 is 23.4 Å². The highest BCUT2D eigenvalue weighted by Crippen LogP contribution is 2.41. The summed E-state index contributed by atoms with van der Waals surface area (Å²) < 4.78 is 4.07. The first kappa shape index (κ1) is 33.8. The molecule has 0 bridgehead atoms. The molecule has 0 atom stereocenters. The Balaban J connectivity index is 0.000000612. The van der Waals surface area contributed by atoms with Crippen molar-refractivity contribution in [3.05, 3.63) is 131 Å². The fourth-order valence-electron chi connectivity index (χ4n) is 3.63. The van der Waals surface area contributed by atoms with E-state index in [1.807, 2.05) is 106 Å². The summed E-state index contributed by atoms with van der Waals surface area (Å²) in [5, 5.41) is 3.65. The first-order valence-corrected chi connectivity index (χ1v) is 14.5. The van der Waals surface area contributed by atoms with Gasteiger partial charge >= 0.3 is 0 Å². The third kappa shape index (κ3) is 9.88. The Morgan fingerprint density at radius 1 is 1.05 bits per heavy atom. The molecule has 5 rings (SSSR count). The molecule has 4 aromatic carbocycles. The molecule has 0 aliphatic carbocycles. The summed E-state index contributed by atoms with van der Waals surface area (Å²) in [4.78, 5) is 20.0. The van der Waals surface area contributed by atoms with Crippen molar-refractivity contribution in [3.63, 3.8) is 0 Å². The van der Waals surface area contributed by atoms with Gasteiger partial charge in [-0.05, 0) is 61.0 Å². The van der Waals surface area contributed by atoms with Crippen molar-refractivity contribution in [2.45, 2.75) is 37.1 Å². The molecule has 1 heterocycles. The van der Waals surface area contributed by atoms with Crippen molar-refractivity contribution in [3.8, 4) is 12.5 Å². The Bertz CT molecular complexity index is 1530. The number of benzene rings is 4. The smallest absolute Gasteiger partial charge is 0.251 e. The van der Waals surface area contributed by atoms with E-state index in [0.29, 0.717) is 22.8 Å². The van der Waals surface area contributed by atoms with Crippen molar-refractivity contribution in [2.75, 3.05) is 12.8 Å². The average Bonchev–Trinajstić information content (AvgIpc) is 3.19. The monoisotopic (exact) mass is 597 g/mol. The lowest BCUT2D eigenvalue weighted by atomic mass is 10.0. The van der Waals surface area contributed by atoms with Gasteiger partial charge in [0.2, 0.25) is 0 Å². The summed E-state index contributed by atoms with van der Waals surface area (Å²) in [6.07, 6.45) is 8.24. The van der Waals surface area contributed by atoms with Gasteiger partial charge in [-0.2, -0.15) is 0 Å². The highest BCUT2D eigenvalue weighted by molar-refractivity contribution is 7.99. The number of nitrogen functional groups attached to an aromatic ring is 1. The topological polar surface area (TPSA) is 76.7 Å². The molecule has 0 fully saturated rings. The van der Waals surface area contributed by atoms with Crippen molar-refractivity contribution in [2.24, 2.45) is 4.99 Å². The summed E-state index contributed by atoms with van der Waals surface area (Å²) in [6, 6.07) is 29.0. The molecule has 0 unspecified atom stereocenters. The van der Waals surface area contributed by atoms with Crippen LogP contribution in [0.25, 0.3) is 0 Å². The number of amides is 1. The van der Waals surface area contributed by atoms with Crippen LogP contribution in [-0.2, 0) is 11.3 Å². The van der Waals surface area contributed by atoms with Gasteiger partial charge in [-0.15, -0.1) is 6.58 Å². The minimum absolute atomic E-state index is 0.148. The number of rotatable bonds is 4. The molecule has 1 aliphatic heterocycles. The molecule has 5 nitrogen and oxygen atoms in total. The molecule has 0 radical (unpaired) electrons. The summed E-state index contributed by atoms with van der Waals surface area (Å²) in [5.74, 6) is -0.148. The number of anilines is 1. The molecule has 216 valence electrons. The molecule has 7 heteroatoms. The van der Waals surface area contributed by atoms with E-state index in [0.717, 1.165) is 37.9 Å². The molecule has 1 aliphatic rings. The number of allylic oxidation sites excluding steroid dienone is 1. The lowest BCUT2D eigenvalue weighted by Gasteiger charge is -2.09. The van der Waals surface area contributed by atoms with E-state index in [4.69, 9.17) is 22.3 Å². The van der Waals surface area contributed by atoms with E-state index in [1.54, 1.807) is 17.8 Å². The molecular formula is C35H36ClN3O2S. The van der Waals surface area contributed by atoms with Crippen LogP contribution in [0.2, 0.25) is 5.02 Å². The minimum atomic E-state index is -0.148. The van der Waals surface area contributed by atoms with E-state index >= 15 is 0 Å². The van der Waals surface area contributed by atoms with Crippen LogP contribution in [0.3, 0.4) is 0 Å². The maximum atomic E-state index is 12.9. The standard InChI is InChI=1S/C27H20ClN3OS.C3H4O.C3H6.C2H6/c28-20-10-7-18(8-11-20)26-22-3-1-2-4-24(22)33-25-14-9-19(15-23(25)31-26)27(32)30-16-17-5-12-21(29)13-6-17;1-3-4-2;1-3-2;1-2/h1-15H,16,29H2,(H,30,32);1H,2H3;3H,1H2,2H3;1-2H3. The number of carbonyl (C=O) groups excluding carboxylic acids is 1. The van der Waals surface area contributed by atoms with Crippen LogP contribution in [0.4, 0.5) is 11.4 Å². The van der Waals surface area contributed by atoms with Crippen LogP contribution in [0.15, 0.2) is 118 Å². The molecule has 4 aromatic rings. The molecule has 0 aromatic heterocycles. The number of nitrogens with two attached hydrogens (primary N) is 1. The first-order valence-electron chi connectivity index (χ1n) is 13.3. The van der Waals surface area contributed by atoms with Gasteiger partial charge < -0.3 is 15.8 Å². The number of methoxy groups -OCH3 is 1. The lowest BCUT2D eigenvalue weighted by molar-refractivity contribution is 0.0951. The average molecular weight is 598 g/mol. The normalized spacial score (nSPS) is 10.4. The number of fused-ring (bicyclic) bond motifs is 2. The fraction of sp³-hybridized carbons (Fsp3) is 0.143. The van der Waals surface area contributed by atoms with Gasteiger partial charge in [0.25, 0.3) is 5.91 Å². The zero-order valence-corrected chi connectivity index (χ0v) is 25.9. The van der Waals surface area contributed by atoms with E-state index in [-0.39, 0.29) is 5.91 Å². The van der Waals surface area contributed by atoms with Crippen molar-refractivity contribution >= 4 is 46.4 Å². The van der Waals surface area contributed by atoms with Crippen molar-refractivity contribution < 1.29 is 9.53 Å². The SMILES string of the molecule is C#COC.C=CC.CC.Nc1ccc(CNC(=O)c2ccc3c(c2)N=C(c2ccc(Cl)cc2)c2ccccc2S3)cc1. The molecule has 1 amide bonds. The quantitative estimate of drug-likeness (QED) is 0.123. The lowest BCUT2D eigenvalue weighted by Crippen LogP contribution is -2.22. The molecule has 0 saturated heterocycles. The summed E-state index contributed by atoms with van der Waals surface area (Å²) in [5.41, 5.74) is 11.6. The largest absolute Gasteiger partial charge is 0.450 e. The van der Waals surface area contributed by atoms with Gasteiger partial charge in [-0.1, -0.05) is 92.2 Å². The zero-order valence-electron chi connectivity index (χ0n) is 24.4. The predicted molar refractivity (Wildman–Crippen MR) is 179 cm³/mol. The minimum Gasteiger partial charge on any atom is -0.450 e. The predicted octanol–water partition coefficient (Wildman–Crippen LogP) is 8.93. The molecule has 0 saturated carbocycles. The highest BCUT2D eigenvalue weighted by Gasteiger charge is 2.20. The van der Waals surface area contributed by atoms with Crippen molar-refractivity contribution in [1.82, 2.24) is 5.32 Å². The number of nitrogens with zero attached hydrogens (tertiary/aromatic N) is 1. The number of halogens is 1.